The van der Waals surface area contributed by atoms with Gasteiger partial charge >= 0.3 is 0 Å². The van der Waals surface area contributed by atoms with Crippen molar-refractivity contribution in [3.8, 4) is 11.5 Å². The second-order valence-corrected chi connectivity index (χ2v) is 9.69. The van der Waals surface area contributed by atoms with E-state index >= 15 is 0 Å². The van der Waals surface area contributed by atoms with Gasteiger partial charge in [0, 0.05) is 35.5 Å². The zero-order valence-electron chi connectivity index (χ0n) is 18.2. The normalized spacial score (nSPS) is 20.1. The molecule has 3 aliphatic rings. The van der Waals surface area contributed by atoms with E-state index in [1.54, 1.807) is 12.3 Å². The Kier molecular flexibility index (Phi) is 6.12. The van der Waals surface area contributed by atoms with Crippen LogP contribution in [0.3, 0.4) is 0 Å². The van der Waals surface area contributed by atoms with Crippen LogP contribution in [0.15, 0.2) is 42.5 Å². The first-order valence-electron chi connectivity index (χ1n) is 10.9. The van der Waals surface area contributed by atoms with Crippen molar-refractivity contribution < 1.29 is 19.1 Å². The molecule has 2 atom stereocenters. The quantitative estimate of drug-likeness (QED) is 0.343. The third-order valence-electron chi connectivity index (χ3n) is 6.49. The SMILES string of the molecule is CSC(=S)N(CC=O)C(=O)/C=C/c1ccc2c(c1)C1CCCC1N2c1ccc2c(c1)OCO2. The first kappa shape index (κ1) is 22.0. The van der Waals surface area contributed by atoms with Gasteiger partial charge in [-0.25, -0.2) is 0 Å². The number of amides is 1. The van der Waals surface area contributed by atoms with Crippen molar-refractivity contribution in [3.63, 3.8) is 0 Å². The van der Waals surface area contributed by atoms with Gasteiger partial charge < -0.3 is 19.2 Å². The predicted molar refractivity (Wildman–Crippen MR) is 134 cm³/mol. The van der Waals surface area contributed by atoms with E-state index in [-0.39, 0.29) is 19.2 Å². The molecule has 0 N–H and O–H groups in total. The Hall–Kier alpha value is -2.84. The number of hydrogen-bond donors (Lipinski definition) is 0. The minimum atomic E-state index is -0.289. The zero-order valence-corrected chi connectivity index (χ0v) is 19.9. The summed E-state index contributed by atoms with van der Waals surface area (Å²) in [4.78, 5) is 27.3. The number of hydrogen-bond acceptors (Lipinski definition) is 7. The molecule has 0 spiro atoms. The van der Waals surface area contributed by atoms with Crippen LogP contribution in [0.2, 0.25) is 0 Å². The van der Waals surface area contributed by atoms with E-state index in [2.05, 4.69) is 29.2 Å². The number of fused-ring (bicyclic) bond motifs is 4. The summed E-state index contributed by atoms with van der Waals surface area (Å²) in [5, 5.41) is 0. The van der Waals surface area contributed by atoms with Gasteiger partial charge in [0.2, 0.25) is 6.79 Å². The Morgan fingerprint density at radius 2 is 2.06 bits per heavy atom. The molecule has 0 radical (unpaired) electrons. The Labute approximate surface area is 202 Å². The largest absolute Gasteiger partial charge is 0.454 e. The highest BCUT2D eigenvalue weighted by molar-refractivity contribution is 8.22. The Morgan fingerprint density at radius 3 is 2.88 bits per heavy atom. The fourth-order valence-electron chi connectivity index (χ4n) is 5.05. The Morgan fingerprint density at radius 1 is 1.21 bits per heavy atom. The lowest BCUT2D eigenvalue weighted by molar-refractivity contribution is -0.124. The van der Waals surface area contributed by atoms with E-state index in [1.807, 2.05) is 12.1 Å². The van der Waals surface area contributed by atoms with Gasteiger partial charge in [0.1, 0.15) is 10.6 Å². The smallest absolute Gasteiger partial charge is 0.252 e. The monoisotopic (exact) mass is 480 g/mol. The number of aldehydes is 1. The summed E-state index contributed by atoms with van der Waals surface area (Å²) in [6, 6.07) is 12.9. The van der Waals surface area contributed by atoms with Crippen molar-refractivity contribution in [2.24, 2.45) is 0 Å². The highest BCUT2D eigenvalue weighted by Crippen LogP contribution is 2.53. The first-order chi connectivity index (χ1) is 16.1. The summed E-state index contributed by atoms with van der Waals surface area (Å²) in [6.45, 7) is 0.225. The first-order valence-corrected chi connectivity index (χ1v) is 12.6. The van der Waals surface area contributed by atoms with Crippen molar-refractivity contribution in [2.45, 2.75) is 31.2 Å². The fraction of sp³-hybridized carbons (Fsp3) is 0.320. The van der Waals surface area contributed by atoms with Crippen LogP contribution < -0.4 is 14.4 Å². The molecule has 0 aromatic heterocycles. The summed E-state index contributed by atoms with van der Waals surface area (Å²) >= 11 is 6.48. The number of carbonyl (C=O) groups excluding carboxylic acids is 2. The molecule has 2 aromatic rings. The minimum absolute atomic E-state index is 0.0404. The number of anilines is 2. The molecule has 1 saturated carbocycles. The topological polar surface area (TPSA) is 59.1 Å². The van der Waals surface area contributed by atoms with E-state index in [9.17, 15) is 9.59 Å². The van der Waals surface area contributed by atoms with E-state index in [4.69, 9.17) is 21.7 Å². The molecule has 33 heavy (non-hydrogen) atoms. The molecule has 2 aliphatic heterocycles. The lowest BCUT2D eigenvalue weighted by Gasteiger charge is -2.27. The number of rotatable bonds is 5. The lowest BCUT2D eigenvalue weighted by Crippen LogP contribution is -2.34. The van der Waals surface area contributed by atoms with E-state index in [0.29, 0.717) is 22.6 Å². The Bertz CT molecular complexity index is 1150. The molecule has 8 heteroatoms. The molecule has 2 heterocycles. The van der Waals surface area contributed by atoms with Crippen LogP contribution in [0, 0.1) is 0 Å². The summed E-state index contributed by atoms with van der Waals surface area (Å²) in [6.07, 6.45) is 9.27. The number of thiocarbonyl (C=S) groups is 1. The second-order valence-electron chi connectivity index (χ2n) is 8.25. The molecule has 1 fully saturated rings. The van der Waals surface area contributed by atoms with Crippen LogP contribution in [0.25, 0.3) is 6.08 Å². The average Bonchev–Trinajstić information content (AvgIpc) is 3.55. The molecule has 0 saturated heterocycles. The number of carbonyl (C=O) groups is 2. The number of ether oxygens (including phenoxy) is 2. The van der Waals surface area contributed by atoms with Gasteiger partial charge in [0.05, 0.1) is 6.54 Å². The highest BCUT2D eigenvalue weighted by atomic mass is 32.2. The van der Waals surface area contributed by atoms with Gasteiger partial charge in [-0.3, -0.25) is 9.69 Å². The minimum Gasteiger partial charge on any atom is -0.454 e. The molecule has 1 aliphatic carbocycles. The number of nitrogens with zero attached hydrogens (tertiary/aromatic N) is 2. The van der Waals surface area contributed by atoms with Gasteiger partial charge in [-0.1, -0.05) is 36.5 Å². The maximum atomic E-state index is 12.6. The van der Waals surface area contributed by atoms with Crippen LogP contribution in [0.1, 0.15) is 36.3 Å². The summed E-state index contributed by atoms with van der Waals surface area (Å²) in [7, 11) is 0. The molecule has 0 bridgehead atoms. The molecule has 170 valence electrons. The van der Waals surface area contributed by atoms with Crippen molar-refractivity contribution in [2.75, 3.05) is 24.5 Å². The molecule has 6 nitrogen and oxygen atoms in total. The third kappa shape index (κ3) is 4.02. The van der Waals surface area contributed by atoms with E-state index in [0.717, 1.165) is 35.6 Å². The lowest BCUT2D eigenvalue weighted by atomic mass is 9.96. The molecular weight excluding hydrogens is 456 g/mol. The second kappa shape index (κ2) is 9.19. The standard InChI is InChI=1S/C25H24N2O4S2/c1-33-25(32)26(11-12-28)24(29)10-6-16-5-8-21-19(13-16)18-3-2-4-20(18)27(21)17-7-9-22-23(14-17)31-15-30-22/h5-10,12-14,18,20H,2-4,11,15H2,1H3/b10-6+. The van der Waals surface area contributed by atoms with Gasteiger partial charge in [-0.15, -0.1) is 0 Å². The van der Waals surface area contributed by atoms with Gasteiger partial charge in [-0.2, -0.15) is 0 Å². The van der Waals surface area contributed by atoms with E-state index in [1.165, 1.54) is 40.4 Å². The molecule has 1 amide bonds. The van der Waals surface area contributed by atoms with Crippen LogP contribution in [0.5, 0.6) is 11.5 Å². The maximum Gasteiger partial charge on any atom is 0.252 e. The summed E-state index contributed by atoms with van der Waals surface area (Å²) in [5.74, 6) is 1.75. The number of thioether (sulfide) groups is 1. The Balaban J connectivity index is 1.43. The molecule has 2 aromatic carbocycles. The highest BCUT2D eigenvalue weighted by Gasteiger charge is 2.42. The van der Waals surface area contributed by atoms with Crippen molar-refractivity contribution in [1.82, 2.24) is 4.90 Å². The maximum absolute atomic E-state index is 12.6. The summed E-state index contributed by atoms with van der Waals surface area (Å²) in [5.41, 5.74) is 4.59. The van der Waals surface area contributed by atoms with Crippen LogP contribution in [-0.4, -0.2) is 47.0 Å². The predicted octanol–water partition coefficient (Wildman–Crippen LogP) is 4.89. The molecule has 5 rings (SSSR count). The van der Waals surface area contributed by atoms with Gasteiger partial charge in [-0.05, 0) is 60.6 Å². The van der Waals surface area contributed by atoms with Gasteiger partial charge in [0.15, 0.2) is 11.5 Å². The zero-order chi connectivity index (χ0) is 22.9. The van der Waals surface area contributed by atoms with Crippen LogP contribution in [-0.2, 0) is 9.59 Å². The van der Waals surface area contributed by atoms with Crippen LogP contribution in [0.4, 0.5) is 11.4 Å². The number of benzene rings is 2. The summed E-state index contributed by atoms with van der Waals surface area (Å²) < 4.78 is 11.5. The van der Waals surface area contributed by atoms with Crippen molar-refractivity contribution >= 4 is 57.9 Å². The van der Waals surface area contributed by atoms with Crippen LogP contribution >= 0.6 is 24.0 Å². The average molecular weight is 481 g/mol. The van der Waals surface area contributed by atoms with E-state index < -0.39 is 0 Å². The fourth-order valence-corrected chi connectivity index (χ4v) is 5.60. The van der Waals surface area contributed by atoms with Crippen molar-refractivity contribution in [3.05, 3.63) is 53.6 Å². The van der Waals surface area contributed by atoms with Gasteiger partial charge in [0.25, 0.3) is 5.91 Å². The third-order valence-corrected chi connectivity index (χ3v) is 7.78. The van der Waals surface area contributed by atoms with Crippen molar-refractivity contribution in [1.29, 1.82) is 0 Å². The molecular formula is C25H24N2O4S2. The molecule has 2 unspecified atom stereocenters.